The Balaban J connectivity index is 1.91. The fourth-order valence-electron chi connectivity index (χ4n) is 2.31. The summed E-state index contributed by atoms with van der Waals surface area (Å²) in [5.41, 5.74) is 1.30. The van der Waals surface area contributed by atoms with Crippen LogP contribution in [0, 0.1) is 5.92 Å². The lowest BCUT2D eigenvalue weighted by molar-refractivity contribution is 0.368. The van der Waals surface area contributed by atoms with Gasteiger partial charge in [-0.05, 0) is 44.2 Å². The van der Waals surface area contributed by atoms with Crippen molar-refractivity contribution in [3.8, 4) is 0 Å². The van der Waals surface area contributed by atoms with Crippen molar-refractivity contribution in [1.82, 2.24) is 15.3 Å². The van der Waals surface area contributed by atoms with Gasteiger partial charge in [-0.25, -0.2) is 4.98 Å². The lowest BCUT2D eigenvalue weighted by Crippen LogP contribution is -2.28. The first-order valence-corrected chi connectivity index (χ1v) is 6.54. The minimum atomic E-state index is 0.606. The standard InChI is InChI=1S/C13H23N3/c1-3-10(2)12-9-15-13(16-12)8-11-4-6-14-7-5-11/h9-11,14H,3-8H2,1-2H3,(H,15,16). The molecule has 0 spiro atoms. The van der Waals surface area contributed by atoms with Gasteiger partial charge >= 0.3 is 0 Å². The van der Waals surface area contributed by atoms with Crippen molar-refractivity contribution in [2.75, 3.05) is 13.1 Å². The number of hydrogen-bond donors (Lipinski definition) is 2. The highest BCUT2D eigenvalue weighted by atomic mass is 14.9. The predicted octanol–water partition coefficient (Wildman–Crippen LogP) is 2.47. The van der Waals surface area contributed by atoms with Crippen molar-refractivity contribution in [2.45, 2.75) is 45.4 Å². The normalized spacial score (nSPS) is 19.9. The van der Waals surface area contributed by atoms with E-state index in [-0.39, 0.29) is 0 Å². The van der Waals surface area contributed by atoms with Crippen LogP contribution in [0.5, 0.6) is 0 Å². The quantitative estimate of drug-likeness (QED) is 0.820. The molecule has 90 valence electrons. The average Bonchev–Trinajstić information content (AvgIpc) is 2.78. The first-order valence-electron chi connectivity index (χ1n) is 6.54. The molecule has 1 saturated heterocycles. The number of piperidine rings is 1. The third-order valence-electron chi connectivity index (χ3n) is 3.73. The SMILES string of the molecule is CCC(C)c1cnc(CC2CCNCC2)[nH]1. The van der Waals surface area contributed by atoms with Gasteiger partial charge in [0.25, 0.3) is 0 Å². The molecule has 0 aliphatic carbocycles. The molecule has 1 aromatic rings. The van der Waals surface area contributed by atoms with E-state index in [2.05, 4.69) is 29.1 Å². The molecule has 1 aromatic heterocycles. The monoisotopic (exact) mass is 221 g/mol. The number of nitrogens with one attached hydrogen (secondary N) is 2. The Morgan fingerprint density at radius 2 is 2.19 bits per heavy atom. The second kappa shape index (κ2) is 5.48. The summed E-state index contributed by atoms with van der Waals surface area (Å²) < 4.78 is 0. The highest BCUT2D eigenvalue weighted by Gasteiger charge is 2.15. The maximum Gasteiger partial charge on any atom is 0.106 e. The summed E-state index contributed by atoms with van der Waals surface area (Å²) in [7, 11) is 0. The molecule has 16 heavy (non-hydrogen) atoms. The lowest BCUT2D eigenvalue weighted by Gasteiger charge is -2.21. The van der Waals surface area contributed by atoms with Crippen LogP contribution in [-0.2, 0) is 6.42 Å². The topological polar surface area (TPSA) is 40.7 Å². The summed E-state index contributed by atoms with van der Waals surface area (Å²) in [6.45, 7) is 6.81. The van der Waals surface area contributed by atoms with Gasteiger partial charge in [-0.3, -0.25) is 0 Å². The zero-order valence-corrected chi connectivity index (χ0v) is 10.4. The van der Waals surface area contributed by atoms with Gasteiger partial charge in [-0.2, -0.15) is 0 Å². The van der Waals surface area contributed by atoms with Crippen molar-refractivity contribution >= 4 is 0 Å². The summed E-state index contributed by atoms with van der Waals surface area (Å²) in [5.74, 6) is 2.61. The van der Waals surface area contributed by atoms with E-state index in [0.29, 0.717) is 5.92 Å². The number of H-pyrrole nitrogens is 1. The van der Waals surface area contributed by atoms with E-state index < -0.39 is 0 Å². The molecule has 2 heterocycles. The summed E-state index contributed by atoms with van der Waals surface area (Å²) in [6.07, 6.45) is 6.90. The number of aromatic amines is 1. The van der Waals surface area contributed by atoms with Gasteiger partial charge in [0.2, 0.25) is 0 Å². The summed E-state index contributed by atoms with van der Waals surface area (Å²) in [6, 6.07) is 0. The van der Waals surface area contributed by atoms with Crippen molar-refractivity contribution in [2.24, 2.45) is 5.92 Å². The number of aromatic nitrogens is 2. The molecule has 2 rings (SSSR count). The zero-order valence-electron chi connectivity index (χ0n) is 10.4. The average molecular weight is 221 g/mol. The van der Waals surface area contributed by atoms with Gasteiger partial charge in [0, 0.05) is 18.3 Å². The second-order valence-electron chi connectivity index (χ2n) is 4.99. The van der Waals surface area contributed by atoms with Crippen LogP contribution < -0.4 is 5.32 Å². The van der Waals surface area contributed by atoms with E-state index in [4.69, 9.17) is 0 Å². The van der Waals surface area contributed by atoms with Crippen molar-refractivity contribution < 1.29 is 0 Å². The Hall–Kier alpha value is -0.830. The number of hydrogen-bond acceptors (Lipinski definition) is 2. The van der Waals surface area contributed by atoms with E-state index in [1.807, 2.05) is 6.20 Å². The Morgan fingerprint density at radius 3 is 2.88 bits per heavy atom. The minimum Gasteiger partial charge on any atom is -0.346 e. The van der Waals surface area contributed by atoms with Crippen LogP contribution in [0.15, 0.2) is 6.20 Å². The van der Waals surface area contributed by atoms with Gasteiger partial charge in [0.05, 0.1) is 0 Å². The van der Waals surface area contributed by atoms with Crippen LogP contribution in [0.3, 0.4) is 0 Å². The minimum absolute atomic E-state index is 0.606. The van der Waals surface area contributed by atoms with Gasteiger partial charge in [0.1, 0.15) is 5.82 Å². The van der Waals surface area contributed by atoms with Gasteiger partial charge in [-0.15, -0.1) is 0 Å². The number of nitrogens with zero attached hydrogens (tertiary/aromatic N) is 1. The van der Waals surface area contributed by atoms with Crippen molar-refractivity contribution in [1.29, 1.82) is 0 Å². The fourth-order valence-corrected chi connectivity index (χ4v) is 2.31. The van der Waals surface area contributed by atoms with Crippen LogP contribution in [0.4, 0.5) is 0 Å². The molecule has 1 aliphatic heterocycles. The largest absolute Gasteiger partial charge is 0.346 e. The smallest absolute Gasteiger partial charge is 0.106 e. The highest BCUT2D eigenvalue weighted by molar-refractivity contribution is 5.07. The molecule has 1 aliphatic rings. The third-order valence-corrected chi connectivity index (χ3v) is 3.73. The van der Waals surface area contributed by atoms with Crippen LogP contribution in [-0.4, -0.2) is 23.1 Å². The molecule has 1 fully saturated rings. The first kappa shape index (κ1) is 11.6. The van der Waals surface area contributed by atoms with E-state index in [1.54, 1.807) is 0 Å². The van der Waals surface area contributed by atoms with E-state index in [1.165, 1.54) is 43.9 Å². The molecule has 1 atom stereocenters. The molecule has 3 nitrogen and oxygen atoms in total. The Bertz CT molecular complexity index is 313. The van der Waals surface area contributed by atoms with Gasteiger partial charge in [0.15, 0.2) is 0 Å². The summed E-state index contributed by atoms with van der Waals surface area (Å²) in [4.78, 5) is 7.98. The van der Waals surface area contributed by atoms with Crippen molar-refractivity contribution in [3.63, 3.8) is 0 Å². The Labute approximate surface area is 98.1 Å². The maximum atomic E-state index is 4.50. The second-order valence-corrected chi connectivity index (χ2v) is 4.99. The molecule has 0 amide bonds. The first-order chi connectivity index (χ1) is 7.79. The maximum absolute atomic E-state index is 4.50. The molecule has 0 aromatic carbocycles. The Kier molecular flexibility index (Phi) is 3.99. The molecule has 0 bridgehead atoms. The number of imidazole rings is 1. The van der Waals surface area contributed by atoms with E-state index >= 15 is 0 Å². The summed E-state index contributed by atoms with van der Waals surface area (Å²) >= 11 is 0. The lowest BCUT2D eigenvalue weighted by atomic mass is 9.94. The molecular formula is C13H23N3. The van der Waals surface area contributed by atoms with Gasteiger partial charge in [-0.1, -0.05) is 13.8 Å². The van der Waals surface area contributed by atoms with E-state index in [9.17, 15) is 0 Å². The zero-order chi connectivity index (χ0) is 11.4. The molecule has 0 saturated carbocycles. The van der Waals surface area contributed by atoms with Crippen LogP contribution >= 0.6 is 0 Å². The molecule has 1 unspecified atom stereocenters. The van der Waals surface area contributed by atoms with Crippen LogP contribution in [0.25, 0.3) is 0 Å². The predicted molar refractivity (Wildman–Crippen MR) is 66.6 cm³/mol. The fraction of sp³-hybridized carbons (Fsp3) is 0.769. The molecule has 2 N–H and O–H groups in total. The van der Waals surface area contributed by atoms with Crippen LogP contribution in [0.2, 0.25) is 0 Å². The van der Waals surface area contributed by atoms with Gasteiger partial charge < -0.3 is 10.3 Å². The third kappa shape index (κ3) is 2.85. The van der Waals surface area contributed by atoms with E-state index in [0.717, 1.165) is 12.3 Å². The summed E-state index contributed by atoms with van der Waals surface area (Å²) in [5, 5.41) is 3.40. The molecule has 0 radical (unpaired) electrons. The number of rotatable bonds is 4. The molecular weight excluding hydrogens is 198 g/mol. The highest BCUT2D eigenvalue weighted by Crippen LogP contribution is 2.19. The molecule has 3 heteroatoms. The van der Waals surface area contributed by atoms with Crippen LogP contribution in [0.1, 0.15) is 50.5 Å². The Morgan fingerprint density at radius 1 is 1.44 bits per heavy atom. The van der Waals surface area contributed by atoms with Crippen molar-refractivity contribution in [3.05, 3.63) is 17.7 Å².